The number of hydrogen-bond acceptors (Lipinski definition) is 6. The monoisotopic (exact) mass is 834 g/mol. The highest BCUT2D eigenvalue weighted by Crippen LogP contribution is 2.67. The third-order valence-electron chi connectivity index (χ3n) is 14.6. The van der Waals surface area contributed by atoms with Crippen LogP contribution in [0.5, 0.6) is 0 Å². The van der Waals surface area contributed by atoms with E-state index in [9.17, 15) is 14.4 Å². The number of rotatable bonds is 23. The number of ether oxygens (including phenoxy) is 1. The minimum atomic E-state index is -1.02. The first-order valence-electron chi connectivity index (χ1n) is 23.2. The van der Waals surface area contributed by atoms with Crippen LogP contribution in [0.1, 0.15) is 177 Å². The summed E-state index contributed by atoms with van der Waals surface area (Å²) >= 11 is 0. The minimum absolute atomic E-state index is 0.187. The van der Waals surface area contributed by atoms with Crippen LogP contribution in [0.2, 0.25) is 0 Å². The number of carbonyl (C=O) groups is 3. The average molecular weight is 834 g/mol. The summed E-state index contributed by atoms with van der Waals surface area (Å²) in [6.07, 6.45) is 23.7. The molecule has 0 aromatic heterocycles. The van der Waals surface area contributed by atoms with Crippen LogP contribution in [0.4, 0.5) is 9.59 Å². The highest BCUT2D eigenvalue weighted by atomic mass is 33.1. The normalized spacial score (nSPS) is 28.8. The molecular formula is C47H83N3O5S2. The zero-order valence-electron chi connectivity index (χ0n) is 37.4. The fourth-order valence-electron chi connectivity index (χ4n) is 11.6. The molecule has 3 amide bonds. The van der Waals surface area contributed by atoms with Crippen molar-refractivity contribution in [2.45, 2.75) is 188 Å². The van der Waals surface area contributed by atoms with Crippen molar-refractivity contribution in [2.24, 2.45) is 46.3 Å². The molecule has 3 N–H and O–H groups in total. The van der Waals surface area contributed by atoms with E-state index >= 15 is 0 Å². The van der Waals surface area contributed by atoms with Gasteiger partial charge in [0.2, 0.25) is 5.91 Å². The van der Waals surface area contributed by atoms with Gasteiger partial charge in [-0.1, -0.05) is 113 Å². The van der Waals surface area contributed by atoms with Gasteiger partial charge >= 0.3 is 12.2 Å². The van der Waals surface area contributed by atoms with Crippen molar-refractivity contribution in [3.63, 3.8) is 0 Å². The number of carbonyl (C=O) groups excluding carboxylic acids is 2. The molecule has 4 aliphatic rings. The summed E-state index contributed by atoms with van der Waals surface area (Å²) in [5.74, 6) is 6.23. The second kappa shape index (κ2) is 22.9. The molecule has 57 heavy (non-hydrogen) atoms. The van der Waals surface area contributed by atoms with E-state index < -0.39 is 11.7 Å². The summed E-state index contributed by atoms with van der Waals surface area (Å²) in [5, 5.41) is 14.9. The lowest BCUT2D eigenvalue weighted by molar-refractivity contribution is -0.130. The van der Waals surface area contributed by atoms with Crippen molar-refractivity contribution >= 4 is 39.7 Å². The molecular weight excluding hydrogens is 751 g/mol. The van der Waals surface area contributed by atoms with Crippen molar-refractivity contribution in [2.75, 3.05) is 31.9 Å². The van der Waals surface area contributed by atoms with Gasteiger partial charge in [-0.05, 0) is 138 Å². The molecule has 0 bridgehead atoms. The predicted octanol–water partition coefficient (Wildman–Crippen LogP) is 12.5. The van der Waals surface area contributed by atoms with Crippen molar-refractivity contribution in [1.82, 2.24) is 15.5 Å². The number of unbranched alkanes of at least 4 members (excludes halogenated alkanes) is 5. The van der Waals surface area contributed by atoms with Crippen LogP contribution in [0, 0.1) is 46.3 Å². The third-order valence-corrected chi connectivity index (χ3v) is 17.5. The van der Waals surface area contributed by atoms with Crippen molar-refractivity contribution in [3.05, 3.63) is 11.6 Å². The second-order valence-corrected chi connectivity index (χ2v) is 23.1. The van der Waals surface area contributed by atoms with Crippen LogP contribution in [0.25, 0.3) is 0 Å². The first-order chi connectivity index (χ1) is 27.0. The topological polar surface area (TPSA) is 108 Å². The minimum Gasteiger partial charge on any atom is -0.465 e. The Morgan fingerprint density at radius 2 is 1.58 bits per heavy atom. The summed E-state index contributed by atoms with van der Waals surface area (Å²) in [6.45, 7) is 20.5. The van der Waals surface area contributed by atoms with Gasteiger partial charge in [-0.25, -0.2) is 9.59 Å². The molecule has 0 aromatic rings. The van der Waals surface area contributed by atoms with Crippen molar-refractivity contribution < 1.29 is 24.2 Å². The molecule has 0 spiro atoms. The summed E-state index contributed by atoms with van der Waals surface area (Å²) in [6, 6.07) is 0. The zero-order valence-corrected chi connectivity index (χ0v) is 39.1. The maximum atomic E-state index is 13.4. The Labute approximate surface area is 356 Å². The highest BCUT2D eigenvalue weighted by molar-refractivity contribution is 8.76. The lowest BCUT2D eigenvalue weighted by Gasteiger charge is -2.58. The van der Waals surface area contributed by atoms with Crippen LogP contribution < -0.4 is 10.6 Å². The molecule has 0 radical (unpaired) electrons. The van der Waals surface area contributed by atoms with Gasteiger partial charge in [-0.2, -0.15) is 0 Å². The Morgan fingerprint density at radius 3 is 2.30 bits per heavy atom. The number of amides is 3. The molecule has 328 valence electrons. The molecule has 0 unspecified atom stereocenters. The van der Waals surface area contributed by atoms with Crippen LogP contribution in [-0.2, 0) is 9.53 Å². The number of carboxylic acid groups (broad SMARTS) is 1. The molecule has 3 fully saturated rings. The smallest absolute Gasteiger partial charge is 0.407 e. The van der Waals surface area contributed by atoms with E-state index in [4.69, 9.17) is 9.84 Å². The maximum absolute atomic E-state index is 13.4. The molecule has 0 aromatic carbocycles. The van der Waals surface area contributed by atoms with E-state index in [1.807, 2.05) is 47.3 Å². The fraction of sp³-hybridized carbons (Fsp3) is 0.894. The first-order valence-corrected chi connectivity index (χ1v) is 25.6. The zero-order chi connectivity index (χ0) is 41.6. The van der Waals surface area contributed by atoms with Gasteiger partial charge in [0.1, 0.15) is 5.60 Å². The van der Waals surface area contributed by atoms with Gasteiger partial charge in [0.25, 0.3) is 0 Å². The summed E-state index contributed by atoms with van der Waals surface area (Å²) in [4.78, 5) is 38.1. The Hall–Kier alpha value is -1.55. The van der Waals surface area contributed by atoms with E-state index in [2.05, 4.69) is 51.3 Å². The molecule has 10 heteroatoms. The molecule has 8 nitrogen and oxygen atoms in total. The molecule has 4 aliphatic carbocycles. The largest absolute Gasteiger partial charge is 0.465 e. The summed E-state index contributed by atoms with van der Waals surface area (Å²) in [7, 11) is 3.91. The quantitative estimate of drug-likeness (QED) is 0.0534. The maximum Gasteiger partial charge on any atom is 0.407 e. The lowest BCUT2D eigenvalue weighted by atomic mass is 9.47. The van der Waals surface area contributed by atoms with E-state index in [1.54, 1.807) is 5.57 Å². The lowest BCUT2D eigenvalue weighted by Crippen LogP contribution is -2.50. The molecule has 4 rings (SSSR count). The van der Waals surface area contributed by atoms with Gasteiger partial charge in [-0.15, -0.1) is 0 Å². The highest BCUT2D eigenvalue weighted by Gasteiger charge is 2.59. The van der Waals surface area contributed by atoms with E-state index in [0.717, 1.165) is 86.3 Å². The van der Waals surface area contributed by atoms with Gasteiger partial charge in [0.15, 0.2) is 0 Å². The van der Waals surface area contributed by atoms with Crippen LogP contribution in [0.15, 0.2) is 11.6 Å². The van der Waals surface area contributed by atoms with Gasteiger partial charge in [0.05, 0.1) is 0 Å². The number of nitrogens with one attached hydrogen (secondary N) is 2. The number of hydrogen-bond donors (Lipinski definition) is 3. The third kappa shape index (κ3) is 14.6. The van der Waals surface area contributed by atoms with Gasteiger partial charge in [-0.3, -0.25) is 4.79 Å². The van der Waals surface area contributed by atoms with Crippen LogP contribution in [-0.4, -0.2) is 70.9 Å². The van der Waals surface area contributed by atoms with Crippen molar-refractivity contribution in [3.8, 4) is 0 Å². The summed E-state index contributed by atoms with van der Waals surface area (Å²) < 4.78 is 5.29. The summed E-state index contributed by atoms with van der Waals surface area (Å²) in [5.41, 5.74) is 2.18. The SMILES string of the molecule is CC(C)CCC[C@@H](C)[C@H]1CC[C@H]2[C@@H]3CC=C4C[C@@H](SSCCC(=O)N(CCCCCCCCNC(=O)OC(C)(C)C)CCCNC(=O)O)CC[C@]4(C)[C@H]3CC[C@]12C. The Kier molecular flexibility index (Phi) is 19.3. The molecule has 0 heterocycles. The number of nitrogens with zero attached hydrogens (tertiary/aromatic N) is 1. The standard InChI is InChI=1S/C47H83N3O5S2/c1-34(2)17-15-18-35(3)39-21-22-40-38-20-19-36-33-37(23-26-46(36,7)41(38)24-27-47(39,40)8)57-56-32-25-42(51)50(31-16-29-48-43(52)53)30-14-12-10-9-11-13-28-49-44(54)55-45(4,5)6/h19,34-35,37-41,48H,9-18,20-33H2,1-8H3,(H,49,54)(H,52,53)/t35-,37+,38+,39-,40+,41+,46+,47-/m1/s1. The number of fused-ring (bicyclic) bond motifs is 5. The van der Waals surface area contributed by atoms with Crippen LogP contribution in [0.3, 0.4) is 0 Å². The fourth-order valence-corrected chi connectivity index (χ4v) is 14.2. The molecule has 3 saturated carbocycles. The first kappa shape index (κ1) is 48.1. The number of alkyl carbamates (subject to hydrolysis) is 1. The van der Waals surface area contributed by atoms with E-state index in [-0.39, 0.29) is 12.0 Å². The molecule has 0 aliphatic heterocycles. The Bertz CT molecular complexity index is 1300. The second-order valence-electron chi connectivity index (χ2n) is 20.3. The van der Waals surface area contributed by atoms with Gasteiger partial charge in [0, 0.05) is 43.6 Å². The van der Waals surface area contributed by atoms with Crippen molar-refractivity contribution in [1.29, 1.82) is 0 Å². The van der Waals surface area contributed by atoms with E-state index in [1.165, 1.54) is 70.6 Å². The molecule has 8 atom stereocenters. The number of allylic oxidation sites excluding steroid dienone is 2. The van der Waals surface area contributed by atoms with Crippen LogP contribution >= 0.6 is 21.6 Å². The van der Waals surface area contributed by atoms with Gasteiger partial charge < -0.3 is 25.4 Å². The Balaban J connectivity index is 1.17. The predicted molar refractivity (Wildman–Crippen MR) is 241 cm³/mol. The Morgan fingerprint density at radius 1 is 0.877 bits per heavy atom. The van der Waals surface area contributed by atoms with E-state index in [0.29, 0.717) is 48.6 Å². The average Bonchev–Trinajstić information content (AvgIpc) is 3.49. The molecule has 0 saturated heterocycles.